The predicted molar refractivity (Wildman–Crippen MR) is 76.6 cm³/mol. The van der Waals surface area contributed by atoms with Gasteiger partial charge in [-0.25, -0.2) is 4.98 Å². The summed E-state index contributed by atoms with van der Waals surface area (Å²) in [5.41, 5.74) is -0.403. The molecule has 1 aromatic heterocycles. The fraction of sp³-hybridized carbons (Fsp3) is 0.692. The van der Waals surface area contributed by atoms with E-state index in [0.29, 0.717) is 6.54 Å². The Morgan fingerprint density at radius 2 is 2.05 bits per heavy atom. The topological polar surface area (TPSA) is 45.7 Å². The average molecular weight is 283 g/mol. The van der Waals surface area contributed by atoms with Crippen molar-refractivity contribution in [3.05, 3.63) is 11.6 Å². The second kappa shape index (κ2) is 5.88. The molecule has 2 rings (SSSR count). The Morgan fingerprint density at radius 1 is 1.37 bits per heavy atom. The van der Waals surface area contributed by atoms with Crippen LogP contribution in [0.5, 0.6) is 0 Å². The first-order valence-electron chi connectivity index (χ1n) is 6.53. The summed E-state index contributed by atoms with van der Waals surface area (Å²) in [7, 11) is 0. The first-order valence-corrected chi connectivity index (χ1v) is 7.41. The zero-order valence-electron chi connectivity index (χ0n) is 11.8. The summed E-state index contributed by atoms with van der Waals surface area (Å²) in [6, 6.07) is 0. The number of piperazine rings is 1. The largest absolute Gasteiger partial charge is 0.459 e. The van der Waals surface area contributed by atoms with Crippen LogP contribution in [0.15, 0.2) is 11.6 Å². The van der Waals surface area contributed by atoms with Gasteiger partial charge in [0.25, 0.3) is 0 Å². The molecular weight excluding hydrogens is 262 g/mol. The van der Waals surface area contributed by atoms with Crippen molar-refractivity contribution in [3.8, 4) is 0 Å². The first-order chi connectivity index (χ1) is 8.94. The smallest absolute Gasteiger partial charge is 0.320 e. The second-order valence-corrected chi connectivity index (χ2v) is 6.54. The SMILES string of the molecule is CC(C)(C)OC(=O)CN1CCN(c2nccs2)CC1. The minimum Gasteiger partial charge on any atom is -0.459 e. The number of aromatic nitrogens is 1. The summed E-state index contributed by atoms with van der Waals surface area (Å²) in [6.45, 7) is 9.63. The monoisotopic (exact) mass is 283 g/mol. The molecule has 6 heteroatoms. The highest BCUT2D eigenvalue weighted by Crippen LogP contribution is 2.18. The molecule has 0 spiro atoms. The molecule has 0 radical (unpaired) electrons. The van der Waals surface area contributed by atoms with Gasteiger partial charge < -0.3 is 9.64 Å². The Kier molecular flexibility index (Phi) is 4.42. The zero-order chi connectivity index (χ0) is 13.9. The Labute approximate surface area is 118 Å². The lowest BCUT2D eigenvalue weighted by Crippen LogP contribution is -2.48. The Balaban J connectivity index is 1.76. The summed E-state index contributed by atoms with van der Waals surface area (Å²) in [4.78, 5) is 20.5. The second-order valence-electron chi connectivity index (χ2n) is 5.66. The number of carbonyl (C=O) groups excluding carboxylic acids is 1. The van der Waals surface area contributed by atoms with Gasteiger partial charge in [0.15, 0.2) is 5.13 Å². The van der Waals surface area contributed by atoms with Crippen molar-refractivity contribution < 1.29 is 9.53 Å². The van der Waals surface area contributed by atoms with Crippen molar-refractivity contribution in [1.82, 2.24) is 9.88 Å². The Hall–Kier alpha value is -1.14. The van der Waals surface area contributed by atoms with Gasteiger partial charge in [0.05, 0.1) is 6.54 Å². The third kappa shape index (κ3) is 4.47. The number of anilines is 1. The molecule has 5 nitrogen and oxygen atoms in total. The molecule has 1 saturated heterocycles. The highest BCUT2D eigenvalue weighted by Gasteiger charge is 2.23. The third-order valence-corrected chi connectivity index (χ3v) is 3.67. The number of hydrogen-bond acceptors (Lipinski definition) is 6. The van der Waals surface area contributed by atoms with Gasteiger partial charge in [-0.3, -0.25) is 9.69 Å². The lowest BCUT2D eigenvalue weighted by Gasteiger charge is -2.34. The van der Waals surface area contributed by atoms with E-state index in [2.05, 4.69) is 14.8 Å². The molecule has 0 N–H and O–H groups in total. The maximum atomic E-state index is 11.7. The van der Waals surface area contributed by atoms with E-state index in [-0.39, 0.29) is 5.97 Å². The van der Waals surface area contributed by atoms with Crippen molar-refractivity contribution in [2.45, 2.75) is 26.4 Å². The zero-order valence-corrected chi connectivity index (χ0v) is 12.6. The summed E-state index contributed by atoms with van der Waals surface area (Å²) < 4.78 is 5.34. The fourth-order valence-corrected chi connectivity index (χ4v) is 2.72. The van der Waals surface area contributed by atoms with Crippen molar-refractivity contribution in [3.63, 3.8) is 0 Å². The highest BCUT2D eigenvalue weighted by atomic mass is 32.1. The maximum absolute atomic E-state index is 11.7. The molecule has 0 bridgehead atoms. The molecule has 1 aliphatic rings. The van der Waals surface area contributed by atoms with Crippen LogP contribution in [0.25, 0.3) is 0 Å². The summed E-state index contributed by atoms with van der Waals surface area (Å²) >= 11 is 1.66. The van der Waals surface area contributed by atoms with Crippen molar-refractivity contribution >= 4 is 22.4 Å². The molecular formula is C13H21N3O2S. The van der Waals surface area contributed by atoms with Gasteiger partial charge in [0.1, 0.15) is 5.60 Å². The molecule has 0 amide bonds. The standard InChI is InChI=1S/C13H21N3O2S/c1-13(2,3)18-11(17)10-15-5-7-16(8-6-15)12-14-4-9-19-12/h4,9H,5-8,10H2,1-3H3. The quantitative estimate of drug-likeness (QED) is 0.789. The van der Waals surface area contributed by atoms with E-state index < -0.39 is 5.60 Å². The lowest BCUT2D eigenvalue weighted by atomic mass is 10.2. The van der Waals surface area contributed by atoms with Crippen LogP contribution in [-0.4, -0.2) is 54.2 Å². The first kappa shape index (κ1) is 14.3. The van der Waals surface area contributed by atoms with Crippen LogP contribution >= 0.6 is 11.3 Å². The van der Waals surface area contributed by atoms with Gasteiger partial charge in [-0.1, -0.05) is 0 Å². The van der Waals surface area contributed by atoms with E-state index in [4.69, 9.17) is 4.74 Å². The number of hydrogen-bond donors (Lipinski definition) is 0. The van der Waals surface area contributed by atoms with Crippen LogP contribution in [0.2, 0.25) is 0 Å². The molecule has 2 heterocycles. The molecule has 1 aliphatic heterocycles. The number of nitrogens with zero attached hydrogens (tertiary/aromatic N) is 3. The van der Waals surface area contributed by atoms with E-state index in [9.17, 15) is 4.79 Å². The van der Waals surface area contributed by atoms with E-state index >= 15 is 0 Å². The molecule has 106 valence electrons. The maximum Gasteiger partial charge on any atom is 0.320 e. The normalized spacial score (nSPS) is 17.5. The van der Waals surface area contributed by atoms with Gasteiger partial charge in [0, 0.05) is 37.8 Å². The van der Waals surface area contributed by atoms with E-state index in [1.807, 2.05) is 32.3 Å². The van der Waals surface area contributed by atoms with Gasteiger partial charge in [0.2, 0.25) is 0 Å². The number of rotatable bonds is 3. The predicted octanol–water partition coefficient (Wildman–Crippen LogP) is 1.61. The van der Waals surface area contributed by atoms with Gasteiger partial charge in [-0.15, -0.1) is 11.3 Å². The number of esters is 1. The minimum absolute atomic E-state index is 0.143. The molecule has 19 heavy (non-hydrogen) atoms. The molecule has 0 aromatic carbocycles. The van der Waals surface area contributed by atoms with E-state index in [1.165, 1.54) is 0 Å². The summed E-state index contributed by atoms with van der Waals surface area (Å²) in [5.74, 6) is -0.143. The number of carbonyl (C=O) groups is 1. The van der Waals surface area contributed by atoms with Gasteiger partial charge in [-0.05, 0) is 20.8 Å². The van der Waals surface area contributed by atoms with Gasteiger partial charge in [-0.2, -0.15) is 0 Å². The van der Waals surface area contributed by atoms with Crippen LogP contribution in [0.3, 0.4) is 0 Å². The van der Waals surface area contributed by atoms with Crippen molar-refractivity contribution in [1.29, 1.82) is 0 Å². The Bertz CT molecular complexity index is 406. The van der Waals surface area contributed by atoms with Gasteiger partial charge >= 0.3 is 5.97 Å². The molecule has 0 aliphatic carbocycles. The molecule has 0 unspecified atom stereocenters. The fourth-order valence-electron chi connectivity index (χ4n) is 2.03. The third-order valence-electron chi connectivity index (χ3n) is 2.83. The number of ether oxygens (including phenoxy) is 1. The van der Waals surface area contributed by atoms with Crippen molar-refractivity contribution in [2.75, 3.05) is 37.6 Å². The van der Waals surface area contributed by atoms with Crippen molar-refractivity contribution in [2.24, 2.45) is 0 Å². The molecule has 0 saturated carbocycles. The molecule has 1 fully saturated rings. The summed E-state index contributed by atoms with van der Waals surface area (Å²) in [6.07, 6.45) is 1.83. The van der Waals surface area contributed by atoms with E-state index in [1.54, 1.807) is 11.3 Å². The highest BCUT2D eigenvalue weighted by molar-refractivity contribution is 7.13. The molecule has 0 atom stereocenters. The van der Waals surface area contributed by atoms with Crippen LogP contribution in [0, 0.1) is 0 Å². The molecule has 1 aromatic rings. The number of thiazole rings is 1. The summed E-state index contributed by atoms with van der Waals surface area (Å²) in [5, 5.41) is 3.06. The van der Waals surface area contributed by atoms with Crippen LogP contribution in [0.4, 0.5) is 5.13 Å². The van der Waals surface area contributed by atoms with Crippen LogP contribution < -0.4 is 4.90 Å². The average Bonchev–Trinajstić information content (AvgIpc) is 2.80. The van der Waals surface area contributed by atoms with E-state index in [0.717, 1.165) is 31.3 Å². The van der Waals surface area contributed by atoms with Crippen LogP contribution in [0.1, 0.15) is 20.8 Å². The lowest BCUT2D eigenvalue weighted by molar-refractivity contribution is -0.156. The minimum atomic E-state index is -0.403. The Morgan fingerprint density at radius 3 is 2.58 bits per heavy atom. The van der Waals surface area contributed by atoms with Crippen LogP contribution in [-0.2, 0) is 9.53 Å².